The molecule has 2 nitrogen and oxygen atoms in total. The first kappa shape index (κ1) is 5.35. The lowest BCUT2D eigenvalue weighted by Gasteiger charge is -2.16. The first-order chi connectivity index (χ1) is 3.80. The second-order valence-corrected chi connectivity index (χ2v) is 1.95. The van der Waals surface area contributed by atoms with Gasteiger partial charge in [0.2, 0.25) is 5.91 Å². The fraction of sp³-hybridized carbons (Fsp3) is 0.500. The topological polar surface area (TPSA) is 20.3 Å². The van der Waals surface area contributed by atoms with Crippen LogP contribution in [-0.4, -0.2) is 24.4 Å². The minimum absolute atomic E-state index is 0.215. The van der Waals surface area contributed by atoms with Gasteiger partial charge in [0.05, 0.1) is 0 Å². The van der Waals surface area contributed by atoms with Crippen LogP contribution in [0.3, 0.4) is 0 Å². The molecule has 0 saturated carbocycles. The van der Waals surface area contributed by atoms with Crippen molar-refractivity contribution in [2.45, 2.75) is 6.42 Å². The van der Waals surface area contributed by atoms with Crippen LogP contribution in [0.4, 0.5) is 0 Å². The molecule has 0 N–H and O–H groups in total. The molecule has 0 aliphatic carbocycles. The highest BCUT2D eigenvalue weighted by Crippen LogP contribution is 1.98. The van der Waals surface area contributed by atoms with Gasteiger partial charge in [-0.2, -0.15) is 0 Å². The summed E-state index contributed by atoms with van der Waals surface area (Å²) >= 11 is 0. The van der Waals surface area contributed by atoms with Crippen molar-refractivity contribution in [3.8, 4) is 0 Å². The van der Waals surface area contributed by atoms with Gasteiger partial charge in [0, 0.05) is 20.0 Å². The van der Waals surface area contributed by atoms with Gasteiger partial charge in [-0.25, -0.2) is 0 Å². The van der Waals surface area contributed by atoms with E-state index < -0.39 is 0 Å². The van der Waals surface area contributed by atoms with Crippen molar-refractivity contribution >= 4 is 5.91 Å². The Morgan fingerprint density at radius 2 is 2.38 bits per heavy atom. The van der Waals surface area contributed by atoms with E-state index in [9.17, 15) is 4.79 Å². The van der Waals surface area contributed by atoms with Crippen molar-refractivity contribution in [2.24, 2.45) is 0 Å². The van der Waals surface area contributed by atoms with Crippen LogP contribution in [0.5, 0.6) is 0 Å². The molecule has 1 rings (SSSR count). The van der Waals surface area contributed by atoms with Crippen molar-refractivity contribution in [2.75, 3.05) is 13.6 Å². The Morgan fingerprint density at radius 3 is 2.75 bits per heavy atom. The summed E-state index contributed by atoms with van der Waals surface area (Å²) in [6.45, 7) is 0.777. The monoisotopic (exact) mass is 111 g/mol. The first-order valence-electron chi connectivity index (χ1n) is 2.69. The second kappa shape index (κ2) is 1.99. The highest BCUT2D eigenvalue weighted by Gasteiger charge is 2.07. The van der Waals surface area contributed by atoms with E-state index in [1.165, 1.54) is 0 Å². The molecule has 0 aromatic rings. The first-order valence-corrected chi connectivity index (χ1v) is 2.69. The van der Waals surface area contributed by atoms with Gasteiger partial charge >= 0.3 is 0 Å². The summed E-state index contributed by atoms with van der Waals surface area (Å²) in [5, 5.41) is 0. The molecule has 0 aromatic carbocycles. The van der Waals surface area contributed by atoms with Crippen molar-refractivity contribution in [3.05, 3.63) is 12.2 Å². The van der Waals surface area contributed by atoms with Crippen LogP contribution in [0.25, 0.3) is 0 Å². The summed E-state index contributed by atoms with van der Waals surface area (Å²) in [4.78, 5) is 12.4. The van der Waals surface area contributed by atoms with Crippen LogP contribution in [-0.2, 0) is 4.79 Å². The zero-order valence-electron chi connectivity index (χ0n) is 4.92. The van der Waals surface area contributed by atoms with E-state index in [4.69, 9.17) is 0 Å². The Labute approximate surface area is 48.8 Å². The smallest absolute Gasteiger partial charge is 0.226 e. The third-order valence-corrected chi connectivity index (χ3v) is 1.26. The molecule has 1 aliphatic heterocycles. The van der Waals surface area contributed by atoms with Crippen molar-refractivity contribution in [3.63, 3.8) is 0 Å². The van der Waals surface area contributed by atoms with E-state index in [0.717, 1.165) is 6.54 Å². The molecule has 44 valence electrons. The number of carbonyl (C=O) groups is 1. The van der Waals surface area contributed by atoms with E-state index in [2.05, 4.69) is 0 Å². The van der Waals surface area contributed by atoms with Crippen LogP contribution >= 0.6 is 0 Å². The average Bonchev–Trinajstić information content (AvgIpc) is 1.77. The summed E-state index contributed by atoms with van der Waals surface area (Å²) in [6.07, 6.45) is 4.49. The molecule has 0 bridgehead atoms. The van der Waals surface area contributed by atoms with Crippen molar-refractivity contribution in [1.29, 1.82) is 0 Å². The minimum Gasteiger partial charge on any atom is -0.342 e. The zero-order valence-corrected chi connectivity index (χ0v) is 4.92. The van der Waals surface area contributed by atoms with Gasteiger partial charge in [-0.1, -0.05) is 12.2 Å². The molecule has 0 atom stereocenters. The van der Waals surface area contributed by atoms with Gasteiger partial charge in [-0.15, -0.1) is 0 Å². The predicted molar refractivity (Wildman–Crippen MR) is 31.4 cm³/mol. The quantitative estimate of drug-likeness (QED) is 0.414. The normalized spacial score (nSPS) is 19.6. The van der Waals surface area contributed by atoms with E-state index in [-0.39, 0.29) is 5.91 Å². The van der Waals surface area contributed by atoms with E-state index in [0.29, 0.717) is 6.42 Å². The molecule has 1 aliphatic rings. The molecule has 0 spiro atoms. The summed E-state index contributed by atoms with van der Waals surface area (Å²) < 4.78 is 0. The molecule has 1 heterocycles. The Hall–Kier alpha value is -0.790. The van der Waals surface area contributed by atoms with E-state index >= 15 is 0 Å². The lowest BCUT2D eigenvalue weighted by Crippen LogP contribution is -2.28. The third-order valence-electron chi connectivity index (χ3n) is 1.26. The maximum Gasteiger partial charge on any atom is 0.226 e. The summed E-state index contributed by atoms with van der Waals surface area (Å²) in [5.74, 6) is 0.215. The molecule has 0 radical (unpaired) electrons. The largest absolute Gasteiger partial charge is 0.342 e. The maximum absolute atomic E-state index is 10.7. The summed E-state index contributed by atoms with van der Waals surface area (Å²) in [6, 6.07) is 0. The average molecular weight is 111 g/mol. The highest BCUT2D eigenvalue weighted by atomic mass is 16.2. The SMILES string of the molecule is CN1CC=CCC1=O. The minimum atomic E-state index is 0.215. The number of likely N-dealkylation sites (N-methyl/N-ethyl adjacent to an activating group) is 1. The molecular weight excluding hydrogens is 102 g/mol. The lowest BCUT2D eigenvalue weighted by molar-refractivity contribution is -0.128. The fourth-order valence-electron chi connectivity index (χ4n) is 0.674. The van der Waals surface area contributed by atoms with Gasteiger partial charge in [0.15, 0.2) is 0 Å². The number of rotatable bonds is 0. The number of carbonyl (C=O) groups excluding carboxylic acids is 1. The van der Waals surface area contributed by atoms with Gasteiger partial charge in [0.25, 0.3) is 0 Å². The van der Waals surface area contributed by atoms with E-state index in [1.807, 2.05) is 19.2 Å². The van der Waals surface area contributed by atoms with Gasteiger partial charge < -0.3 is 4.90 Å². The van der Waals surface area contributed by atoms with Gasteiger partial charge in [-0.3, -0.25) is 4.79 Å². The van der Waals surface area contributed by atoms with Crippen LogP contribution < -0.4 is 0 Å². The van der Waals surface area contributed by atoms with Gasteiger partial charge in [0.1, 0.15) is 0 Å². The fourth-order valence-corrected chi connectivity index (χ4v) is 0.674. The van der Waals surface area contributed by atoms with E-state index in [1.54, 1.807) is 4.90 Å². The molecule has 0 aromatic heterocycles. The zero-order chi connectivity index (χ0) is 5.98. The van der Waals surface area contributed by atoms with Crippen LogP contribution in [0, 0.1) is 0 Å². The number of nitrogens with zero attached hydrogens (tertiary/aromatic N) is 1. The molecule has 0 fully saturated rings. The standard InChI is InChI=1S/C6H9NO/c1-7-5-3-2-4-6(7)8/h2-3H,4-5H2,1H3. The Morgan fingerprint density at radius 1 is 1.62 bits per heavy atom. The predicted octanol–water partition coefficient (Wildman–Crippen LogP) is 0.405. The Balaban J connectivity index is 2.57. The Bertz CT molecular complexity index is 128. The summed E-state index contributed by atoms with van der Waals surface area (Å²) in [5.41, 5.74) is 0. The molecule has 2 heteroatoms. The van der Waals surface area contributed by atoms with Crippen molar-refractivity contribution in [1.82, 2.24) is 4.90 Å². The maximum atomic E-state index is 10.7. The molecule has 0 saturated heterocycles. The van der Waals surface area contributed by atoms with Crippen LogP contribution in [0.2, 0.25) is 0 Å². The Kier molecular flexibility index (Phi) is 1.33. The number of hydrogen-bond donors (Lipinski definition) is 0. The molecular formula is C6H9NO. The second-order valence-electron chi connectivity index (χ2n) is 1.95. The number of amides is 1. The highest BCUT2D eigenvalue weighted by molar-refractivity contribution is 5.78. The summed E-state index contributed by atoms with van der Waals surface area (Å²) in [7, 11) is 1.81. The van der Waals surface area contributed by atoms with Crippen molar-refractivity contribution < 1.29 is 4.79 Å². The molecule has 1 amide bonds. The number of hydrogen-bond acceptors (Lipinski definition) is 1. The third kappa shape index (κ3) is 0.886. The molecule has 0 unspecified atom stereocenters. The van der Waals surface area contributed by atoms with Gasteiger partial charge in [-0.05, 0) is 0 Å². The molecule has 8 heavy (non-hydrogen) atoms. The lowest BCUT2D eigenvalue weighted by atomic mass is 10.2. The van der Waals surface area contributed by atoms with Crippen LogP contribution in [0.15, 0.2) is 12.2 Å². The van der Waals surface area contributed by atoms with Crippen LogP contribution in [0.1, 0.15) is 6.42 Å².